The van der Waals surface area contributed by atoms with Gasteiger partial charge in [-0.2, -0.15) is 5.26 Å². The smallest absolute Gasteiger partial charge is 0.127 e. The summed E-state index contributed by atoms with van der Waals surface area (Å²) >= 11 is 0. The van der Waals surface area contributed by atoms with Gasteiger partial charge in [0.1, 0.15) is 17.3 Å². The van der Waals surface area contributed by atoms with Crippen molar-refractivity contribution in [2.45, 2.75) is 19.5 Å². The fraction of sp³-hybridized carbons (Fsp3) is 0.312. The first-order valence-electron chi connectivity index (χ1n) is 6.61. The van der Waals surface area contributed by atoms with Crippen LogP contribution < -0.4 is 5.32 Å². The van der Waals surface area contributed by atoms with Crippen molar-refractivity contribution in [3.8, 4) is 6.07 Å². The summed E-state index contributed by atoms with van der Waals surface area (Å²) in [6.45, 7) is 2.56. The van der Waals surface area contributed by atoms with E-state index in [4.69, 9.17) is 14.4 Å². The summed E-state index contributed by atoms with van der Waals surface area (Å²) in [4.78, 5) is 0. The van der Waals surface area contributed by atoms with Crippen molar-refractivity contribution in [2.75, 3.05) is 13.7 Å². The van der Waals surface area contributed by atoms with Gasteiger partial charge in [0.2, 0.25) is 0 Å². The van der Waals surface area contributed by atoms with Crippen LogP contribution in [0.5, 0.6) is 0 Å². The second-order valence-electron chi connectivity index (χ2n) is 4.76. The Labute approximate surface area is 123 Å². The van der Waals surface area contributed by atoms with E-state index in [1.54, 1.807) is 13.2 Å². The predicted octanol–water partition coefficient (Wildman–Crippen LogP) is 3.08. The van der Waals surface area contributed by atoms with Crippen molar-refractivity contribution in [3.05, 3.63) is 58.8 Å². The average molecular weight is 288 g/mol. The Morgan fingerprint density at radius 2 is 2.19 bits per heavy atom. The fourth-order valence-corrected chi connectivity index (χ4v) is 2.06. The lowest BCUT2D eigenvalue weighted by molar-refractivity contribution is 0.155. The van der Waals surface area contributed by atoms with E-state index in [0.717, 1.165) is 11.5 Å². The molecule has 2 rings (SSSR count). The van der Waals surface area contributed by atoms with Crippen LogP contribution in [-0.2, 0) is 11.3 Å². The van der Waals surface area contributed by atoms with Gasteiger partial charge < -0.3 is 14.5 Å². The van der Waals surface area contributed by atoms with Crippen molar-refractivity contribution in [1.82, 2.24) is 5.32 Å². The highest BCUT2D eigenvalue weighted by Crippen LogP contribution is 2.18. The molecule has 0 spiro atoms. The minimum absolute atomic E-state index is 0.172. The maximum absolute atomic E-state index is 13.7. The third-order valence-corrected chi connectivity index (χ3v) is 3.15. The molecule has 5 heteroatoms. The first kappa shape index (κ1) is 15.2. The molecule has 0 unspecified atom stereocenters. The molecule has 1 atom stereocenters. The molecule has 0 amide bonds. The second kappa shape index (κ2) is 7.02. The van der Waals surface area contributed by atoms with E-state index >= 15 is 0 Å². The number of hydrogen-bond acceptors (Lipinski definition) is 4. The summed E-state index contributed by atoms with van der Waals surface area (Å²) in [7, 11) is 1.60. The summed E-state index contributed by atoms with van der Waals surface area (Å²) in [6.07, 6.45) is 0. The van der Waals surface area contributed by atoms with Crippen molar-refractivity contribution in [2.24, 2.45) is 0 Å². The van der Waals surface area contributed by atoms with E-state index in [-0.39, 0.29) is 18.4 Å². The first-order chi connectivity index (χ1) is 10.1. The number of benzene rings is 1. The molecule has 1 heterocycles. The molecule has 4 nitrogen and oxygen atoms in total. The zero-order valence-electron chi connectivity index (χ0n) is 12.0. The van der Waals surface area contributed by atoms with E-state index < -0.39 is 0 Å². The minimum Gasteiger partial charge on any atom is -0.465 e. The molecule has 0 aliphatic rings. The number of aryl methyl sites for hydroxylation is 1. The maximum atomic E-state index is 13.7. The molecule has 110 valence electrons. The number of halogens is 1. The van der Waals surface area contributed by atoms with Crippen LogP contribution in [0.2, 0.25) is 0 Å². The standard InChI is InChI=1S/C16H17FN2O2/c1-11-3-6-16(21-11)15(10-20-2)19-9-13-7-12(8-18)4-5-14(13)17/h3-7,15,19H,9-10H2,1-2H3/t15-/m1/s1. The summed E-state index contributed by atoms with van der Waals surface area (Å²) in [5.74, 6) is 1.21. The SMILES string of the molecule is COC[C@@H](NCc1cc(C#N)ccc1F)c1ccc(C)o1. The molecule has 0 aliphatic carbocycles. The van der Waals surface area contributed by atoms with Gasteiger partial charge in [0.05, 0.1) is 24.3 Å². The van der Waals surface area contributed by atoms with E-state index in [1.807, 2.05) is 25.1 Å². The average Bonchev–Trinajstić information content (AvgIpc) is 2.91. The van der Waals surface area contributed by atoms with Crippen LogP contribution in [0.15, 0.2) is 34.7 Å². The van der Waals surface area contributed by atoms with Crippen LogP contribution in [0, 0.1) is 24.1 Å². The number of nitriles is 1. The number of methoxy groups -OCH3 is 1. The maximum Gasteiger partial charge on any atom is 0.127 e. The molecule has 0 aliphatic heterocycles. The number of furan rings is 1. The van der Waals surface area contributed by atoms with Crippen LogP contribution in [-0.4, -0.2) is 13.7 Å². The predicted molar refractivity (Wildman–Crippen MR) is 76.0 cm³/mol. The second-order valence-corrected chi connectivity index (χ2v) is 4.76. The Balaban J connectivity index is 2.10. The lowest BCUT2D eigenvalue weighted by Crippen LogP contribution is -2.25. The van der Waals surface area contributed by atoms with Crippen LogP contribution >= 0.6 is 0 Å². The van der Waals surface area contributed by atoms with Gasteiger partial charge in [-0.1, -0.05) is 0 Å². The molecular formula is C16H17FN2O2. The topological polar surface area (TPSA) is 58.2 Å². The Hall–Kier alpha value is -2.16. The Morgan fingerprint density at radius 3 is 2.81 bits per heavy atom. The van der Waals surface area contributed by atoms with Crippen molar-refractivity contribution in [1.29, 1.82) is 5.26 Å². The normalized spacial score (nSPS) is 12.1. The Morgan fingerprint density at radius 1 is 1.38 bits per heavy atom. The Kier molecular flexibility index (Phi) is 5.09. The molecule has 2 aromatic rings. The van der Waals surface area contributed by atoms with Crippen LogP contribution in [0.25, 0.3) is 0 Å². The van der Waals surface area contributed by atoms with Gasteiger partial charge in [-0.25, -0.2) is 4.39 Å². The number of hydrogen-bond donors (Lipinski definition) is 1. The summed E-state index contributed by atoms with van der Waals surface area (Å²) in [6, 6.07) is 9.88. The third kappa shape index (κ3) is 3.91. The van der Waals surface area contributed by atoms with E-state index in [9.17, 15) is 4.39 Å². The highest BCUT2D eigenvalue weighted by molar-refractivity contribution is 5.33. The molecule has 0 radical (unpaired) electrons. The van der Waals surface area contributed by atoms with Gasteiger partial charge >= 0.3 is 0 Å². The molecule has 21 heavy (non-hydrogen) atoms. The van der Waals surface area contributed by atoms with Gasteiger partial charge in [0, 0.05) is 19.2 Å². The highest BCUT2D eigenvalue weighted by Gasteiger charge is 2.15. The van der Waals surface area contributed by atoms with E-state index in [2.05, 4.69) is 5.32 Å². The number of nitrogens with zero attached hydrogens (tertiary/aromatic N) is 1. The lowest BCUT2D eigenvalue weighted by atomic mass is 10.1. The number of nitrogens with one attached hydrogen (secondary N) is 1. The molecule has 0 bridgehead atoms. The Bertz CT molecular complexity index is 646. The highest BCUT2D eigenvalue weighted by atomic mass is 19.1. The molecule has 1 aromatic carbocycles. The van der Waals surface area contributed by atoms with Gasteiger partial charge in [-0.05, 0) is 37.3 Å². The van der Waals surface area contributed by atoms with Gasteiger partial charge in [0.25, 0.3) is 0 Å². The minimum atomic E-state index is -0.340. The molecule has 0 saturated heterocycles. The molecule has 1 aromatic heterocycles. The number of rotatable bonds is 6. The van der Waals surface area contributed by atoms with Crippen molar-refractivity contribution >= 4 is 0 Å². The van der Waals surface area contributed by atoms with Gasteiger partial charge in [0.15, 0.2) is 0 Å². The summed E-state index contributed by atoms with van der Waals surface area (Å²) < 4.78 is 24.5. The molecular weight excluding hydrogens is 271 g/mol. The monoisotopic (exact) mass is 288 g/mol. The van der Waals surface area contributed by atoms with E-state index in [0.29, 0.717) is 17.7 Å². The quantitative estimate of drug-likeness (QED) is 0.887. The van der Waals surface area contributed by atoms with Crippen molar-refractivity contribution in [3.63, 3.8) is 0 Å². The lowest BCUT2D eigenvalue weighted by Gasteiger charge is -2.16. The summed E-state index contributed by atoms with van der Waals surface area (Å²) in [5, 5.41) is 12.1. The van der Waals surface area contributed by atoms with Crippen LogP contribution in [0.1, 0.15) is 28.7 Å². The van der Waals surface area contributed by atoms with Crippen LogP contribution in [0.4, 0.5) is 4.39 Å². The summed E-state index contributed by atoms with van der Waals surface area (Å²) in [5.41, 5.74) is 0.878. The molecule has 1 N–H and O–H groups in total. The number of ether oxygens (including phenoxy) is 1. The largest absolute Gasteiger partial charge is 0.465 e. The third-order valence-electron chi connectivity index (χ3n) is 3.15. The van der Waals surface area contributed by atoms with Crippen LogP contribution in [0.3, 0.4) is 0 Å². The van der Waals surface area contributed by atoms with Crippen molar-refractivity contribution < 1.29 is 13.5 Å². The van der Waals surface area contributed by atoms with E-state index in [1.165, 1.54) is 12.1 Å². The first-order valence-corrected chi connectivity index (χ1v) is 6.61. The molecule has 0 saturated carbocycles. The fourth-order valence-electron chi connectivity index (χ4n) is 2.06. The molecule has 0 fully saturated rings. The van der Waals surface area contributed by atoms with Gasteiger partial charge in [-0.15, -0.1) is 0 Å². The van der Waals surface area contributed by atoms with Gasteiger partial charge in [-0.3, -0.25) is 0 Å². The zero-order valence-corrected chi connectivity index (χ0v) is 12.0. The zero-order chi connectivity index (χ0) is 15.2.